The number of carbonyl (C=O) groups excluding carboxylic acids is 1. The predicted molar refractivity (Wildman–Crippen MR) is 87.3 cm³/mol. The largest absolute Gasteiger partial charge is 0.450 e. The summed E-state index contributed by atoms with van der Waals surface area (Å²) in [5.41, 5.74) is 5.26. The Morgan fingerprint density at radius 3 is 2.10 bits per heavy atom. The minimum absolute atomic E-state index is 0.104. The van der Waals surface area contributed by atoms with Crippen LogP contribution < -0.4 is 5.73 Å². The molecule has 0 aliphatic rings. The summed E-state index contributed by atoms with van der Waals surface area (Å²) in [5.74, 6) is 0. The van der Waals surface area contributed by atoms with Gasteiger partial charge >= 0.3 is 6.09 Å². The van der Waals surface area contributed by atoms with Gasteiger partial charge in [-0.2, -0.15) is 0 Å². The van der Waals surface area contributed by atoms with Gasteiger partial charge in [0, 0.05) is 6.61 Å². The SMILES string of the molecule is CCC(C)(C)CCCCOC(C)(C)CCCCOC(N)=O. The molecule has 126 valence electrons. The Balaban J connectivity index is 3.61. The van der Waals surface area contributed by atoms with Crippen LogP contribution in [0.15, 0.2) is 0 Å². The summed E-state index contributed by atoms with van der Waals surface area (Å²) in [6.45, 7) is 12.4. The second-order valence-corrected chi connectivity index (χ2v) is 7.21. The van der Waals surface area contributed by atoms with E-state index >= 15 is 0 Å². The molecule has 0 saturated carbocycles. The zero-order chi connectivity index (χ0) is 16.4. The molecule has 21 heavy (non-hydrogen) atoms. The molecule has 0 aromatic carbocycles. The van der Waals surface area contributed by atoms with Gasteiger partial charge in [0.2, 0.25) is 0 Å². The fourth-order valence-electron chi connectivity index (χ4n) is 2.13. The Bertz CT molecular complexity index is 288. The molecule has 4 heteroatoms. The molecule has 0 rings (SSSR count). The third kappa shape index (κ3) is 12.7. The van der Waals surface area contributed by atoms with Gasteiger partial charge in [-0.3, -0.25) is 0 Å². The molecule has 0 aromatic rings. The van der Waals surface area contributed by atoms with E-state index in [1.54, 1.807) is 0 Å². The maximum absolute atomic E-state index is 10.4. The molecular weight excluding hydrogens is 266 g/mol. The molecule has 0 spiro atoms. The van der Waals surface area contributed by atoms with Crippen molar-refractivity contribution in [2.45, 2.75) is 85.2 Å². The van der Waals surface area contributed by atoms with Crippen LogP contribution in [0.5, 0.6) is 0 Å². The molecule has 0 saturated heterocycles. The lowest BCUT2D eigenvalue weighted by Crippen LogP contribution is -2.25. The van der Waals surface area contributed by atoms with E-state index in [4.69, 9.17) is 15.2 Å². The van der Waals surface area contributed by atoms with Crippen LogP contribution in [0.1, 0.15) is 79.6 Å². The van der Waals surface area contributed by atoms with E-state index in [1.807, 2.05) is 0 Å². The lowest BCUT2D eigenvalue weighted by atomic mass is 9.85. The number of hydrogen-bond donors (Lipinski definition) is 1. The Morgan fingerprint density at radius 2 is 1.52 bits per heavy atom. The number of carbonyl (C=O) groups is 1. The number of rotatable bonds is 12. The molecule has 0 heterocycles. The molecule has 4 nitrogen and oxygen atoms in total. The van der Waals surface area contributed by atoms with Crippen LogP contribution in [0.4, 0.5) is 4.79 Å². The highest BCUT2D eigenvalue weighted by Crippen LogP contribution is 2.27. The number of primary amides is 1. The van der Waals surface area contributed by atoms with Crippen molar-refractivity contribution < 1.29 is 14.3 Å². The van der Waals surface area contributed by atoms with Gasteiger partial charge in [0.25, 0.3) is 0 Å². The fraction of sp³-hybridized carbons (Fsp3) is 0.941. The van der Waals surface area contributed by atoms with Crippen molar-refractivity contribution in [3.05, 3.63) is 0 Å². The molecule has 0 aliphatic heterocycles. The number of hydrogen-bond acceptors (Lipinski definition) is 3. The first-order valence-corrected chi connectivity index (χ1v) is 8.25. The van der Waals surface area contributed by atoms with E-state index in [0.29, 0.717) is 12.0 Å². The van der Waals surface area contributed by atoms with Crippen molar-refractivity contribution >= 4 is 6.09 Å². The average Bonchev–Trinajstić information content (AvgIpc) is 2.37. The van der Waals surface area contributed by atoms with Gasteiger partial charge in [-0.15, -0.1) is 0 Å². The van der Waals surface area contributed by atoms with E-state index in [2.05, 4.69) is 34.6 Å². The normalized spacial score (nSPS) is 12.4. The number of ether oxygens (including phenoxy) is 2. The molecule has 1 amide bonds. The molecule has 0 atom stereocenters. The van der Waals surface area contributed by atoms with Gasteiger partial charge in [0.1, 0.15) is 0 Å². The van der Waals surface area contributed by atoms with Crippen molar-refractivity contribution in [2.75, 3.05) is 13.2 Å². The standard InChI is InChI=1S/C17H35NO3/c1-6-16(2,3)11-7-10-14-21-17(4,5)12-8-9-13-20-15(18)19/h6-14H2,1-5H3,(H2,18,19). The van der Waals surface area contributed by atoms with Crippen LogP contribution in [-0.2, 0) is 9.47 Å². The number of nitrogens with two attached hydrogens (primary N) is 1. The van der Waals surface area contributed by atoms with Crippen molar-refractivity contribution in [1.29, 1.82) is 0 Å². The van der Waals surface area contributed by atoms with E-state index in [9.17, 15) is 4.79 Å². The molecular formula is C17H35NO3. The highest BCUT2D eigenvalue weighted by Gasteiger charge is 2.18. The summed E-state index contributed by atoms with van der Waals surface area (Å²) in [4.78, 5) is 10.4. The first kappa shape index (κ1) is 20.2. The highest BCUT2D eigenvalue weighted by atomic mass is 16.5. The zero-order valence-electron chi connectivity index (χ0n) is 14.7. The third-order valence-corrected chi connectivity index (χ3v) is 4.12. The van der Waals surface area contributed by atoms with Crippen LogP contribution in [0, 0.1) is 5.41 Å². The quantitative estimate of drug-likeness (QED) is 0.533. The number of unbranched alkanes of at least 4 members (excludes halogenated alkanes) is 2. The van der Waals surface area contributed by atoms with E-state index < -0.39 is 6.09 Å². The molecule has 0 fully saturated rings. The van der Waals surface area contributed by atoms with Gasteiger partial charge in [0.05, 0.1) is 12.2 Å². The van der Waals surface area contributed by atoms with Gasteiger partial charge in [0.15, 0.2) is 0 Å². The Hall–Kier alpha value is -0.770. The zero-order valence-corrected chi connectivity index (χ0v) is 14.7. The van der Waals surface area contributed by atoms with Crippen molar-refractivity contribution in [2.24, 2.45) is 11.1 Å². The van der Waals surface area contributed by atoms with Crippen LogP contribution in [0.2, 0.25) is 0 Å². The Kier molecular flexibility index (Phi) is 9.67. The predicted octanol–water partition coefficient (Wildman–Crippen LogP) is 4.65. The van der Waals surface area contributed by atoms with Crippen molar-refractivity contribution in [3.63, 3.8) is 0 Å². The fourth-order valence-corrected chi connectivity index (χ4v) is 2.13. The lowest BCUT2D eigenvalue weighted by molar-refractivity contribution is -0.0277. The summed E-state index contributed by atoms with van der Waals surface area (Å²) in [6.07, 6.45) is 6.92. The van der Waals surface area contributed by atoms with Crippen LogP contribution in [0.25, 0.3) is 0 Å². The lowest BCUT2D eigenvalue weighted by Gasteiger charge is -2.26. The first-order chi connectivity index (χ1) is 9.68. The maximum Gasteiger partial charge on any atom is 0.404 e. The summed E-state index contributed by atoms with van der Waals surface area (Å²) in [6, 6.07) is 0. The highest BCUT2D eigenvalue weighted by molar-refractivity contribution is 5.64. The smallest absolute Gasteiger partial charge is 0.404 e. The molecule has 2 N–H and O–H groups in total. The monoisotopic (exact) mass is 301 g/mol. The summed E-state index contributed by atoms with van der Waals surface area (Å²) >= 11 is 0. The van der Waals surface area contributed by atoms with Crippen molar-refractivity contribution in [3.8, 4) is 0 Å². The van der Waals surface area contributed by atoms with Crippen LogP contribution >= 0.6 is 0 Å². The molecule has 0 bridgehead atoms. The van der Waals surface area contributed by atoms with Crippen molar-refractivity contribution in [1.82, 2.24) is 0 Å². The van der Waals surface area contributed by atoms with Gasteiger partial charge in [-0.25, -0.2) is 4.79 Å². The Labute approximate surface area is 130 Å². The second kappa shape index (κ2) is 10.0. The van der Waals surface area contributed by atoms with E-state index in [-0.39, 0.29) is 5.60 Å². The average molecular weight is 301 g/mol. The minimum atomic E-state index is -0.694. The van der Waals surface area contributed by atoms with Crippen LogP contribution in [-0.4, -0.2) is 24.9 Å². The van der Waals surface area contributed by atoms with E-state index in [0.717, 1.165) is 32.3 Å². The topological polar surface area (TPSA) is 61.6 Å². The molecule has 0 aromatic heterocycles. The summed E-state index contributed by atoms with van der Waals surface area (Å²) in [7, 11) is 0. The summed E-state index contributed by atoms with van der Waals surface area (Å²) in [5, 5.41) is 0. The minimum Gasteiger partial charge on any atom is -0.450 e. The summed E-state index contributed by atoms with van der Waals surface area (Å²) < 4.78 is 10.7. The molecule has 0 aliphatic carbocycles. The van der Waals surface area contributed by atoms with E-state index in [1.165, 1.54) is 19.3 Å². The third-order valence-electron chi connectivity index (χ3n) is 4.12. The van der Waals surface area contributed by atoms with Gasteiger partial charge in [-0.1, -0.05) is 33.6 Å². The second-order valence-electron chi connectivity index (χ2n) is 7.21. The Morgan fingerprint density at radius 1 is 0.952 bits per heavy atom. The first-order valence-electron chi connectivity index (χ1n) is 8.25. The van der Waals surface area contributed by atoms with Gasteiger partial charge < -0.3 is 15.2 Å². The number of amides is 1. The molecule has 0 radical (unpaired) electrons. The van der Waals surface area contributed by atoms with Crippen LogP contribution in [0.3, 0.4) is 0 Å². The van der Waals surface area contributed by atoms with Gasteiger partial charge in [-0.05, 0) is 51.4 Å². The maximum atomic E-state index is 10.4. The molecule has 0 unspecified atom stereocenters.